The van der Waals surface area contributed by atoms with Gasteiger partial charge in [-0.2, -0.15) is 4.31 Å². The Morgan fingerprint density at radius 3 is 2.84 bits per heavy atom. The van der Waals surface area contributed by atoms with Crippen molar-refractivity contribution in [2.24, 2.45) is 5.73 Å². The van der Waals surface area contributed by atoms with Crippen LogP contribution in [0.1, 0.15) is 19.3 Å². The monoisotopic (exact) mass is 366 g/mol. The molecule has 0 spiro atoms. The van der Waals surface area contributed by atoms with E-state index >= 15 is 0 Å². The molecule has 1 aliphatic rings. The molecular formula is C12H16BrClN2O2S. The smallest absolute Gasteiger partial charge is 0.244 e. The molecule has 2 N–H and O–H groups in total. The SMILES string of the molecule is NCC1CCCCN1S(=O)(=O)c1cccc(Cl)c1Br. The third kappa shape index (κ3) is 2.97. The Kier molecular flexibility index (Phi) is 4.89. The predicted octanol–water partition coefficient (Wildman–Crippen LogP) is 2.60. The van der Waals surface area contributed by atoms with Crippen LogP contribution in [0.5, 0.6) is 0 Å². The summed E-state index contributed by atoms with van der Waals surface area (Å²) in [4.78, 5) is 0.209. The zero-order valence-electron chi connectivity index (χ0n) is 10.4. The van der Waals surface area contributed by atoms with E-state index in [1.54, 1.807) is 18.2 Å². The molecule has 1 unspecified atom stereocenters. The standard InChI is InChI=1S/C12H16BrClN2O2S/c13-12-10(14)5-3-6-11(12)19(17,18)16-7-2-1-4-9(16)8-15/h3,5-6,9H,1-2,4,7-8,15H2. The fourth-order valence-corrected chi connectivity index (χ4v) is 5.24. The number of sulfonamides is 1. The second-order valence-corrected chi connectivity index (χ2v) is 7.61. The molecule has 1 aliphatic heterocycles. The van der Waals surface area contributed by atoms with Crippen LogP contribution in [0.15, 0.2) is 27.6 Å². The van der Waals surface area contributed by atoms with Gasteiger partial charge in [0, 0.05) is 19.1 Å². The summed E-state index contributed by atoms with van der Waals surface area (Å²) in [7, 11) is -3.55. The highest BCUT2D eigenvalue weighted by molar-refractivity contribution is 9.10. The molecule has 106 valence electrons. The first-order chi connectivity index (χ1) is 8.98. The van der Waals surface area contributed by atoms with Gasteiger partial charge in [-0.05, 0) is 40.9 Å². The molecular weight excluding hydrogens is 352 g/mol. The molecule has 1 aromatic rings. The van der Waals surface area contributed by atoms with Crippen molar-refractivity contribution >= 4 is 37.6 Å². The van der Waals surface area contributed by atoms with Crippen LogP contribution in [0.25, 0.3) is 0 Å². The van der Waals surface area contributed by atoms with Gasteiger partial charge >= 0.3 is 0 Å². The highest BCUT2D eigenvalue weighted by Crippen LogP contribution is 2.33. The molecule has 1 saturated heterocycles. The number of rotatable bonds is 3. The summed E-state index contributed by atoms with van der Waals surface area (Å²) in [5.41, 5.74) is 5.69. The molecule has 0 bridgehead atoms. The minimum Gasteiger partial charge on any atom is -0.329 e. The summed E-state index contributed by atoms with van der Waals surface area (Å²) in [6.07, 6.45) is 2.70. The van der Waals surface area contributed by atoms with Gasteiger partial charge in [-0.15, -0.1) is 0 Å². The normalized spacial score (nSPS) is 21.5. The topological polar surface area (TPSA) is 63.4 Å². The van der Waals surface area contributed by atoms with Crippen molar-refractivity contribution in [3.05, 3.63) is 27.7 Å². The van der Waals surface area contributed by atoms with E-state index in [2.05, 4.69) is 15.9 Å². The molecule has 7 heteroatoms. The Balaban J connectivity index is 2.44. The summed E-state index contributed by atoms with van der Waals surface area (Å²) >= 11 is 9.23. The van der Waals surface area contributed by atoms with Crippen LogP contribution in [0.3, 0.4) is 0 Å². The Hall–Kier alpha value is -0.140. The van der Waals surface area contributed by atoms with Gasteiger partial charge in [-0.1, -0.05) is 24.1 Å². The highest BCUT2D eigenvalue weighted by atomic mass is 79.9. The Labute approximate surface area is 127 Å². The molecule has 0 amide bonds. The number of hydrogen-bond donors (Lipinski definition) is 1. The zero-order chi connectivity index (χ0) is 14.0. The maximum absolute atomic E-state index is 12.7. The number of halogens is 2. The van der Waals surface area contributed by atoms with Crippen molar-refractivity contribution < 1.29 is 8.42 Å². The van der Waals surface area contributed by atoms with E-state index in [1.165, 1.54) is 4.31 Å². The van der Waals surface area contributed by atoms with E-state index in [4.69, 9.17) is 17.3 Å². The van der Waals surface area contributed by atoms with E-state index in [0.717, 1.165) is 19.3 Å². The van der Waals surface area contributed by atoms with Gasteiger partial charge in [0.25, 0.3) is 0 Å². The number of piperidine rings is 1. The molecule has 1 aromatic carbocycles. The second kappa shape index (κ2) is 6.10. The lowest BCUT2D eigenvalue weighted by molar-refractivity contribution is 0.257. The van der Waals surface area contributed by atoms with Gasteiger partial charge in [0.2, 0.25) is 10.0 Å². The quantitative estimate of drug-likeness (QED) is 0.893. The van der Waals surface area contributed by atoms with Gasteiger partial charge in [-0.3, -0.25) is 0 Å². The summed E-state index contributed by atoms with van der Waals surface area (Å²) in [6.45, 7) is 0.862. The van der Waals surface area contributed by atoms with Crippen molar-refractivity contribution in [2.45, 2.75) is 30.2 Å². The van der Waals surface area contributed by atoms with Crippen LogP contribution in [-0.2, 0) is 10.0 Å². The largest absolute Gasteiger partial charge is 0.329 e. The average Bonchev–Trinajstić information content (AvgIpc) is 2.41. The third-order valence-corrected chi connectivity index (χ3v) is 7.00. The van der Waals surface area contributed by atoms with E-state index < -0.39 is 10.0 Å². The first-order valence-corrected chi connectivity index (χ1v) is 8.75. The number of nitrogens with zero attached hydrogens (tertiary/aromatic N) is 1. The highest BCUT2D eigenvalue weighted by Gasteiger charge is 2.34. The summed E-state index contributed by atoms with van der Waals surface area (Å²) < 4.78 is 27.3. The minimum absolute atomic E-state index is 0.121. The summed E-state index contributed by atoms with van der Waals surface area (Å²) in [6, 6.07) is 4.74. The molecule has 0 aliphatic carbocycles. The number of nitrogens with two attached hydrogens (primary N) is 1. The first kappa shape index (κ1) is 15.3. The molecule has 19 heavy (non-hydrogen) atoms. The molecule has 1 fully saturated rings. The fourth-order valence-electron chi connectivity index (χ4n) is 2.34. The van der Waals surface area contributed by atoms with Crippen LogP contribution in [0.2, 0.25) is 5.02 Å². The third-order valence-electron chi connectivity index (χ3n) is 3.35. The van der Waals surface area contributed by atoms with E-state index in [1.807, 2.05) is 0 Å². The molecule has 4 nitrogen and oxygen atoms in total. The molecule has 0 aromatic heterocycles. The van der Waals surface area contributed by atoms with E-state index in [0.29, 0.717) is 22.6 Å². The van der Waals surface area contributed by atoms with E-state index in [9.17, 15) is 8.42 Å². The van der Waals surface area contributed by atoms with Crippen LogP contribution in [0.4, 0.5) is 0 Å². The predicted molar refractivity (Wildman–Crippen MR) is 79.7 cm³/mol. The maximum Gasteiger partial charge on any atom is 0.244 e. The van der Waals surface area contributed by atoms with Crippen molar-refractivity contribution in [3.63, 3.8) is 0 Å². The van der Waals surface area contributed by atoms with Crippen molar-refractivity contribution in [3.8, 4) is 0 Å². The Morgan fingerprint density at radius 1 is 1.42 bits per heavy atom. The molecule has 1 heterocycles. The van der Waals surface area contributed by atoms with Crippen molar-refractivity contribution in [2.75, 3.05) is 13.1 Å². The van der Waals surface area contributed by atoms with Crippen LogP contribution in [0, 0.1) is 0 Å². The molecule has 0 saturated carbocycles. The zero-order valence-corrected chi connectivity index (χ0v) is 13.5. The van der Waals surface area contributed by atoms with Gasteiger partial charge in [-0.25, -0.2) is 8.42 Å². The molecule has 2 rings (SSSR count). The lowest BCUT2D eigenvalue weighted by Gasteiger charge is -2.34. The van der Waals surface area contributed by atoms with Gasteiger partial charge in [0.15, 0.2) is 0 Å². The number of benzene rings is 1. The van der Waals surface area contributed by atoms with Crippen LogP contribution in [-0.4, -0.2) is 31.9 Å². The van der Waals surface area contributed by atoms with Crippen LogP contribution >= 0.6 is 27.5 Å². The Bertz CT molecular complexity index is 565. The lowest BCUT2D eigenvalue weighted by Crippen LogP contribution is -2.47. The minimum atomic E-state index is -3.55. The van der Waals surface area contributed by atoms with Crippen LogP contribution < -0.4 is 5.73 Å². The number of hydrogen-bond acceptors (Lipinski definition) is 3. The van der Waals surface area contributed by atoms with Crippen molar-refractivity contribution in [1.29, 1.82) is 0 Å². The van der Waals surface area contributed by atoms with Gasteiger partial charge < -0.3 is 5.73 Å². The summed E-state index contributed by atoms with van der Waals surface area (Å²) in [5, 5.41) is 0.391. The maximum atomic E-state index is 12.7. The molecule has 1 atom stereocenters. The average molecular weight is 368 g/mol. The summed E-state index contributed by atoms with van der Waals surface area (Å²) in [5.74, 6) is 0. The van der Waals surface area contributed by atoms with Crippen molar-refractivity contribution in [1.82, 2.24) is 4.31 Å². The fraction of sp³-hybridized carbons (Fsp3) is 0.500. The Morgan fingerprint density at radius 2 is 2.16 bits per heavy atom. The van der Waals surface area contributed by atoms with E-state index in [-0.39, 0.29) is 10.9 Å². The van der Waals surface area contributed by atoms with Gasteiger partial charge in [0.05, 0.1) is 14.4 Å². The lowest BCUT2D eigenvalue weighted by atomic mass is 10.1. The second-order valence-electron chi connectivity index (χ2n) is 4.55. The first-order valence-electron chi connectivity index (χ1n) is 6.14. The molecule has 0 radical (unpaired) electrons. The van der Waals surface area contributed by atoms with Gasteiger partial charge in [0.1, 0.15) is 0 Å².